The standard InChI is InChI=1S/C30H25Cl2N3O4S/c1-17-33-26(27(40-17)22-4-2-3-5-24(22)31)28(36)34-21-10-11-25(32)23(16-21)29(37)35-14-12-19(13-15-35)18-6-8-20(9-7-18)30(38)39/h2-11,16,19H,12-15H2,1H3,(H,34,36)(H,38,39). The largest absolute Gasteiger partial charge is 0.478 e. The number of carboxylic acid groups (broad SMARTS) is 1. The van der Waals surface area contributed by atoms with Crippen LogP contribution in [0.15, 0.2) is 66.7 Å². The fraction of sp³-hybridized carbons (Fsp3) is 0.200. The number of hydrogen-bond donors (Lipinski definition) is 2. The summed E-state index contributed by atoms with van der Waals surface area (Å²) in [5, 5.41) is 13.5. The van der Waals surface area contributed by atoms with Crippen LogP contribution in [0, 0.1) is 6.92 Å². The van der Waals surface area contributed by atoms with Gasteiger partial charge in [-0.05, 0) is 67.6 Å². The van der Waals surface area contributed by atoms with Crippen LogP contribution in [-0.2, 0) is 0 Å². The number of nitrogens with one attached hydrogen (secondary N) is 1. The Bertz CT molecular complexity index is 1590. The molecule has 0 aliphatic carbocycles. The van der Waals surface area contributed by atoms with Gasteiger partial charge in [-0.25, -0.2) is 9.78 Å². The van der Waals surface area contributed by atoms with E-state index < -0.39 is 11.9 Å². The molecule has 2 heterocycles. The first-order chi connectivity index (χ1) is 19.2. The third kappa shape index (κ3) is 5.89. The lowest BCUT2D eigenvalue weighted by atomic mass is 9.89. The normalized spacial score (nSPS) is 13.7. The molecule has 3 aromatic carbocycles. The molecule has 4 aromatic rings. The molecule has 0 atom stereocenters. The molecule has 2 amide bonds. The van der Waals surface area contributed by atoms with Crippen LogP contribution in [0.4, 0.5) is 5.69 Å². The first-order valence-corrected chi connectivity index (χ1v) is 14.2. The van der Waals surface area contributed by atoms with E-state index in [0.29, 0.717) is 39.3 Å². The van der Waals surface area contributed by atoms with Crippen molar-refractivity contribution in [1.29, 1.82) is 0 Å². The molecular weight excluding hydrogens is 569 g/mol. The van der Waals surface area contributed by atoms with Gasteiger partial charge in [0.15, 0.2) is 0 Å². The highest BCUT2D eigenvalue weighted by molar-refractivity contribution is 7.15. The van der Waals surface area contributed by atoms with Crippen LogP contribution in [0.5, 0.6) is 0 Å². The molecule has 204 valence electrons. The third-order valence-electron chi connectivity index (χ3n) is 6.93. The number of aryl methyl sites for hydroxylation is 1. The zero-order chi connectivity index (χ0) is 28.4. The first-order valence-electron chi connectivity index (χ1n) is 12.7. The van der Waals surface area contributed by atoms with Crippen molar-refractivity contribution in [3.05, 3.63) is 104 Å². The van der Waals surface area contributed by atoms with Crippen LogP contribution in [0.3, 0.4) is 0 Å². The summed E-state index contributed by atoms with van der Waals surface area (Å²) in [7, 11) is 0. The summed E-state index contributed by atoms with van der Waals surface area (Å²) in [4.78, 5) is 44.7. The zero-order valence-electron chi connectivity index (χ0n) is 21.5. The maximum atomic E-state index is 13.4. The van der Waals surface area contributed by atoms with Crippen LogP contribution in [-0.4, -0.2) is 45.9 Å². The van der Waals surface area contributed by atoms with E-state index in [1.165, 1.54) is 11.3 Å². The van der Waals surface area contributed by atoms with Gasteiger partial charge in [-0.2, -0.15) is 0 Å². The Labute approximate surface area is 245 Å². The number of anilines is 1. The molecule has 0 spiro atoms. The van der Waals surface area contributed by atoms with E-state index in [2.05, 4.69) is 10.3 Å². The molecule has 1 aliphatic heterocycles. The molecule has 0 radical (unpaired) electrons. The number of thiazole rings is 1. The van der Waals surface area contributed by atoms with E-state index >= 15 is 0 Å². The van der Waals surface area contributed by atoms with Crippen LogP contribution in [0.25, 0.3) is 10.4 Å². The molecule has 40 heavy (non-hydrogen) atoms. The summed E-state index contributed by atoms with van der Waals surface area (Å²) in [6.45, 7) is 2.90. The van der Waals surface area contributed by atoms with E-state index in [1.807, 2.05) is 37.3 Å². The topological polar surface area (TPSA) is 99.6 Å². The fourth-order valence-corrected chi connectivity index (χ4v) is 6.29. The average molecular weight is 595 g/mol. The number of aromatic nitrogens is 1. The van der Waals surface area contributed by atoms with Gasteiger partial charge in [-0.3, -0.25) is 9.59 Å². The smallest absolute Gasteiger partial charge is 0.335 e. The summed E-state index contributed by atoms with van der Waals surface area (Å²) >= 11 is 14.2. The summed E-state index contributed by atoms with van der Waals surface area (Å²) in [6.07, 6.45) is 1.50. The minimum absolute atomic E-state index is 0.206. The number of aromatic carboxylic acids is 1. The molecule has 10 heteroatoms. The molecule has 1 fully saturated rings. The number of benzene rings is 3. The van der Waals surface area contributed by atoms with E-state index in [9.17, 15) is 14.4 Å². The molecule has 1 aliphatic rings. The highest BCUT2D eigenvalue weighted by atomic mass is 35.5. The van der Waals surface area contributed by atoms with Crippen molar-refractivity contribution >= 4 is 58.0 Å². The average Bonchev–Trinajstić information content (AvgIpc) is 3.35. The zero-order valence-corrected chi connectivity index (χ0v) is 23.8. The monoisotopic (exact) mass is 593 g/mol. The van der Waals surface area contributed by atoms with Gasteiger partial charge in [0.1, 0.15) is 5.69 Å². The maximum absolute atomic E-state index is 13.4. The van der Waals surface area contributed by atoms with E-state index in [-0.39, 0.29) is 23.1 Å². The van der Waals surface area contributed by atoms with Crippen LogP contribution >= 0.6 is 34.5 Å². The van der Waals surface area contributed by atoms with Gasteiger partial charge in [-0.1, -0.05) is 53.5 Å². The molecule has 1 aromatic heterocycles. The fourth-order valence-electron chi connectivity index (χ4n) is 4.85. The second kappa shape index (κ2) is 11.8. The number of carbonyl (C=O) groups is 3. The highest BCUT2D eigenvalue weighted by Gasteiger charge is 2.27. The van der Waals surface area contributed by atoms with Crippen molar-refractivity contribution in [1.82, 2.24) is 9.88 Å². The number of likely N-dealkylation sites (tertiary alicyclic amines) is 1. The van der Waals surface area contributed by atoms with Crippen molar-refractivity contribution in [2.75, 3.05) is 18.4 Å². The number of carboxylic acids is 1. The summed E-state index contributed by atoms with van der Waals surface area (Å²) < 4.78 is 0. The summed E-state index contributed by atoms with van der Waals surface area (Å²) in [5.74, 6) is -1.33. The Balaban J connectivity index is 1.29. The number of hydrogen-bond acceptors (Lipinski definition) is 5. The Morgan fingerprint density at radius 3 is 2.35 bits per heavy atom. The Morgan fingerprint density at radius 1 is 0.975 bits per heavy atom. The first kappa shape index (κ1) is 27.8. The molecule has 0 bridgehead atoms. The third-order valence-corrected chi connectivity index (χ3v) is 8.60. The highest BCUT2D eigenvalue weighted by Crippen LogP contribution is 2.36. The van der Waals surface area contributed by atoms with Gasteiger partial charge < -0.3 is 15.3 Å². The van der Waals surface area contributed by atoms with Crippen molar-refractivity contribution < 1.29 is 19.5 Å². The van der Waals surface area contributed by atoms with E-state index in [0.717, 1.165) is 29.0 Å². The summed E-state index contributed by atoms with van der Waals surface area (Å²) in [5.41, 5.74) is 3.05. The second-order valence-electron chi connectivity index (χ2n) is 9.53. The van der Waals surface area contributed by atoms with Crippen LogP contribution in [0.2, 0.25) is 10.0 Å². The predicted molar refractivity (Wildman–Crippen MR) is 158 cm³/mol. The molecule has 2 N–H and O–H groups in total. The Kier molecular flexibility index (Phi) is 8.21. The number of amides is 2. The van der Waals surface area contributed by atoms with Gasteiger partial charge in [0, 0.05) is 29.4 Å². The van der Waals surface area contributed by atoms with Gasteiger partial charge in [0.05, 0.1) is 26.0 Å². The molecule has 5 rings (SSSR count). The van der Waals surface area contributed by atoms with Gasteiger partial charge in [0.25, 0.3) is 11.8 Å². The quantitative estimate of drug-likeness (QED) is 0.243. The van der Waals surface area contributed by atoms with Crippen LogP contribution in [0.1, 0.15) is 60.5 Å². The van der Waals surface area contributed by atoms with Crippen molar-refractivity contribution in [2.45, 2.75) is 25.7 Å². The Morgan fingerprint density at radius 2 is 1.68 bits per heavy atom. The lowest BCUT2D eigenvalue weighted by Gasteiger charge is -2.32. The molecule has 0 saturated carbocycles. The van der Waals surface area contributed by atoms with E-state index in [1.54, 1.807) is 41.3 Å². The van der Waals surface area contributed by atoms with E-state index in [4.69, 9.17) is 28.3 Å². The number of rotatable bonds is 6. The molecular formula is C30H25Cl2N3O4S. The minimum atomic E-state index is -0.954. The van der Waals surface area contributed by atoms with Gasteiger partial charge >= 0.3 is 5.97 Å². The van der Waals surface area contributed by atoms with Crippen molar-refractivity contribution in [2.24, 2.45) is 0 Å². The minimum Gasteiger partial charge on any atom is -0.478 e. The number of carbonyl (C=O) groups excluding carboxylic acids is 2. The van der Waals surface area contributed by atoms with Crippen molar-refractivity contribution in [3.8, 4) is 10.4 Å². The SMILES string of the molecule is Cc1nc(C(=O)Nc2ccc(Cl)c(C(=O)N3CCC(c4ccc(C(=O)O)cc4)CC3)c2)c(-c2ccccc2Cl)s1. The van der Waals surface area contributed by atoms with Crippen molar-refractivity contribution in [3.63, 3.8) is 0 Å². The maximum Gasteiger partial charge on any atom is 0.335 e. The number of halogens is 2. The predicted octanol–water partition coefficient (Wildman–Crippen LogP) is 7.40. The van der Waals surface area contributed by atoms with Crippen LogP contribution < -0.4 is 5.32 Å². The van der Waals surface area contributed by atoms with Gasteiger partial charge in [0.2, 0.25) is 0 Å². The Hall–Kier alpha value is -3.72. The molecule has 1 saturated heterocycles. The summed E-state index contributed by atoms with van der Waals surface area (Å²) in [6, 6.07) is 19.0. The molecule has 0 unspecified atom stereocenters. The van der Waals surface area contributed by atoms with Gasteiger partial charge in [-0.15, -0.1) is 11.3 Å². The second-order valence-corrected chi connectivity index (χ2v) is 11.6. The lowest BCUT2D eigenvalue weighted by molar-refractivity contribution is 0.0691. The number of nitrogens with zero attached hydrogens (tertiary/aromatic N) is 2. The number of piperidine rings is 1. The molecule has 7 nitrogen and oxygen atoms in total. The lowest BCUT2D eigenvalue weighted by Crippen LogP contribution is -2.38.